The van der Waals surface area contributed by atoms with Crippen LogP contribution in [0.2, 0.25) is 5.02 Å². The Labute approximate surface area is 119 Å². The fourth-order valence-corrected chi connectivity index (χ4v) is 2.43. The van der Waals surface area contributed by atoms with Gasteiger partial charge in [0.05, 0.1) is 13.2 Å². The molecule has 0 saturated carbocycles. The molecule has 2 N–H and O–H groups in total. The molecule has 19 heavy (non-hydrogen) atoms. The molecule has 0 aliphatic heterocycles. The molecule has 0 amide bonds. The summed E-state index contributed by atoms with van der Waals surface area (Å²) in [5, 5.41) is 0.739. The van der Waals surface area contributed by atoms with Gasteiger partial charge in [0.1, 0.15) is 5.75 Å². The lowest BCUT2D eigenvalue weighted by Crippen LogP contribution is -2.13. The molecule has 3 heteroatoms. The zero-order valence-corrected chi connectivity index (χ0v) is 12.2. The molecule has 0 saturated heterocycles. The van der Waals surface area contributed by atoms with Gasteiger partial charge in [-0.2, -0.15) is 0 Å². The van der Waals surface area contributed by atoms with Gasteiger partial charge in [0, 0.05) is 5.02 Å². The first-order valence-electron chi connectivity index (χ1n) is 6.19. The normalized spacial score (nSPS) is 12.3. The highest BCUT2D eigenvalue weighted by Crippen LogP contribution is 2.30. The Bertz CT molecular complexity index is 595. The van der Waals surface area contributed by atoms with Crippen molar-refractivity contribution in [1.29, 1.82) is 0 Å². The number of ether oxygens (including phenoxy) is 1. The van der Waals surface area contributed by atoms with Gasteiger partial charge in [0.2, 0.25) is 0 Å². The highest BCUT2D eigenvalue weighted by molar-refractivity contribution is 6.32. The number of halogens is 1. The first-order valence-corrected chi connectivity index (χ1v) is 6.57. The van der Waals surface area contributed by atoms with Gasteiger partial charge >= 0.3 is 0 Å². The summed E-state index contributed by atoms with van der Waals surface area (Å²) in [4.78, 5) is 0. The summed E-state index contributed by atoms with van der Waals surface area (Å²) >= 11 is 6.33. The van der Waals surface area contributed by atoms with E-state index in [-0.39, 0.29) is 6.04 Å². The maximum absolute atomic E-state index is 6.33. The SMILES string of the molecule is COc1ccc(C(N)c2cccc(C)c2Cl)cc1C. The fourth-order valence-electron chi connectivity index (χ4n) is 2.18. The molecule has 2 rings (SSSR count). The average molecular weight is 276 g/mol. The van der Waals surface area contributed by atoms with Crippen molar-refractivity contribution in [3.05, 3.63) is 63.7 Å². The number of hydrogen-bond acceptors (Lipinski definition) is 2. The minimum Gasteiger partial charge on any atom is -0.496 e. The summed E-state index contributed by atoms with van der Waals surface area (Å²) in [7, 11) is 1.67. The maximum Gasteiger partial charge on any atom is 0.121 e. The van der Waals surface area contributed by atoms with Crippen LogP contribution in [0, 0.1) is 13.8 Å². The third kappa shape index (κ3) is 2.75. The second-order valence-corrected chi connectivity index (χ2v) is 5.06. The van der Waals surface area contributed by atoms with Gasteiger partial charge in [-0.15, -0.1) is 0 Å². The maximum atomic E-state index is 6.33. The Morgan fingerprint density at radius 3 is 2.47 bits per heavy atom. The van der Waals surface area contributed by atoms with Crippen molar-refractivity contribution in [2.24, 2.45) is 5.73 Å². The second-order valence-electron chi connectivity index (χ2n) is 4.68. The van der Waals surface area contributed by atoms with Crippen molar-refractivity contribution in [1.82, 2.24) is 0 Å². The molecule has 0 heterocycles. The third-order valence-electron chi connectivity index (χ3n) is 3.33. The number of hydrogen-bond donors (Lipinski definition) is 1. The summed E-state index contributed by atoms with van der Waals surface area (Å²) in [6.07, 6.45) is 0. The van der Waals surface area contributed by atoms with Gasteiger partial charge in [-0.05, 0) is 42.2 Å². The summed E-state index contributed by atoms with van der Waals surface area (Å²) < 4.78 is 5.26. The molecule has 2 nitrogen and oxygen atoms in total. The molecule has 0 spiro atoms. The van der Waals surface area contributed by atoms with Crippen LogP contribution in [-0.4, -0.2) is 7.11 Å². The predicted molar refractivity (Wildman–Crippen MR) is 80.0 cm³/mol. The lowest BCUT2D eigenvalue weighted by atomic mass is 9.96. The van der Waals surface area contributed by atoms with Crippen molar-refractivity contribution in [2.75, 3.05) is 7.11 Å². The van der Waals surface area contributed by atoms with E-state index in [4.69, 9.17) is 22.1 Å². The Kier molecular flexibility index (Phi) is 4.13. The first-order chi connectivity index (χ1) is 9.04. The monoisotopic (exact) mass is 275 g/mol. The number of nitrogens with two attached hydrogens (primary N) is 1. The third-order valence-corrected chi connectivity index (χ3v) is 3.85. The van der Waals surface area contributed by atoms with Crippen LogP contribution in [0.1, 0.15) is 28.3 Å². The zero-order chi connectivity index (χ0) is 14.0. The topological polar surface area (TPSA) is 35.2 Å². The molecule has 0 bridgehead atoms. The van der Waals surface area contributed by atoms with E-state index < -0.39 is 0 Å². The average Bonchev–Trinajstić information content (AvgIpc) is 2.41. The molecule has 0 fully saturated rings. The number of rotatable bonds is 3. The molecule has 0 aromatic heterocycles. The van der Waals surface area contributed by atoms with Crippen LogP contribution in [0.5, 0.6) is 5.75 Å². The molecule has 0 radical (unpaired) electrons. The Morgan fingerprint density at radius 1 is 1.11 bits per heavy atom. The number of aryl methyl sites for hydroxylation is 2. The van der Waals surface area contributed by atoms with E-state index in [0.29, 0.717) is 0 Å². The van der Waals surface area contributed by atoms with Crippen LogP contribution in [0.3, 0.4) is 0 Å². The Balaban J connectivity index is 2.41. The van der Waals surface area contributed by atoms with Crippen molar-refractivity contribution >= 4 is 11.6 Å². The van der Waals surface area contributed by atoms with E-state index in [0.717, 1.165) is 33.0 Å². The second kappa shape index (κ2) is 5.64. The summed E-state index contributed by atoms with van der Waals surface area (Å²) in [6, 6.07) is 11.7. The predicted octanol–water partition coefficient (Wildman–Crippen LogP) is 4.01. The van der Waals surface area contributed by atoms with Crippen LogP contribution in [-0.2, 0) is 0 Å². The smallest absolute Gasteiger partial charge is 0.121 e. The largest absolute Gasteiger partial charge is 0.496 e. The van der Waals surface area contributed by atoms with E-state index >= 15 is 0 Å². The molecular formula is C16H18ClNO. The van der Waals surface area contributed by atoms with E-state index in [1.165, 1.54) is 0 Å². The standard InChI is InChI=1S/C16H18ClNO/c1-10-5-4-6-13(15(10)17)16(18)12-7-8-14(19-3)11(2)9-12/h4-9,16H,18H2,1-3H3. The highest BCUT2D eigenvalue weighted by atomic mass is 35.5. The van der Waals surface area contributed by atoms with Gasteiger partial charge in [-0.3, -0.25) is 0 Å². The van der Waals surface area contributed by atoms with Crippen LogP contribution in [0.25, 0.3) is 0 Å². The Morgan fingerprint density at radius 2 is 1.84 bits per heavy atom. The summed E-state index contributed by atoms with van der Waals surface area (Å²) in [5.41, 5.74) is 10.4. The van der Waals surface area contributed by atoms with Crippen molar-refractivity contribution in [3.63, 3.8) is 0 Å². The van der Waals surface area contributed by atoms with Gasteiger partial charge in [-0.25, -0.2) is 0 Å². The summed E-state index contributed by atoms with van der Waals surface area (Å²) in [6.45, 7) is 3.99. The van der Waals surface area contributed by atoms with Crippen LogP contribution in [0.15, 0.2) is 36.4 Å². The van der Waals surface area contributed by atoms with Crippen LogP contribution in [0.4, 0.5) is 0 Å². The van der Waals surface area contributed by atoms with E-state index in [2.05, 4.69) is 0 Å². The van der Waals surface area contributed by atoms with Crippen LogP contribution >= 0.6 is 11.6 Å². The minimum absolute atomic E-state index is 0.225. The van der Waals surface area contributed by atoms with E-state index in [1.54, 1.807) is 7.11 Å². The lowest BCUT2D eigenvalue weighted by Gasteiger charge is -2.17. The van der Waals surface area contributed by atoms with Crippen molar-refractivity contribution < 1.29 is 4.74 Å². The van der Waals surface area contributed by atoms with Gasteiger partial charge < -0.3 is 10.5 Å². The molecule has 0 aliphatic carbocycles. The number of benzene rings is 2. The van der Waals surface area contributed by atoms with E-state index in [9.17, 15) is 0 Å². The minimum atomic E-state index is -0.225. The van der Waals surface area contributed by atoms with Crippen molar-refractivity contribution in [2.45, 2.75) is 19.9 Å². The molecule has 1 unspecified atom stereocenters. The molecule has 2 aromatic rings. The summed E-state index contributed by atoms with van der Waals surface area (Å²) in [5.74, 6) is 0.867. The number of methoxy groups -OCH3 is 1. The van der Waals surface area contributed by atoms with E-state index in [1.807, 2.05) is 50.2 Å². The van der Waals surface area contributed by atoms with Gasteiger partial charge in [0.15, 0.2) is 0 Å². The highest BCUT2D eigenvalue weighted by Gasteiger charge is 2.14. The first kappa shape index (κ1) is 13.9. The molecule has 2 aromatic carbocycles. The molecule has 1 atom stereocenters. The van der Waals surface area contributed by atoms with Crippen molar-refractivity contribution in [3.8, 4) is 5.75 Å². The lowest BCUT2D eigenvalue weighted by molar-refractivity contribution is 0.411. The van der Waals surface area contributed by atoms with Crippen LogP contribution < -0.4 is 10.5 Å². The van der Waals surface area contributed by atoms with Gasteiger partial charge in [-0.1, -0.05) is 41.9 Å². The quantitative estimate of drug-likeness (QED) is 0.918. The van der Waals surface area contributed by atoms with Gasteiger partial charge in [0.25, 0.3) is 0 Å². The zero-order valence-electron chi connectivity index (χ0n) is 11.4. The molecular weight excluding hydrogens is 258 g/mol. The fraction of sp³-hybridized carbons (Fsp3) is 0.250. The molecule has 100 valence electrons. The Hall–Kier alpha value is -1.51. The molecule has 0 aliphatic rings.